The Balaban J connectivity index is 1.35. The molecular weight excluding hydrogens is 721 g/mol. The van der Waals surface area contributed by atoms with E-state index in [1.807, 2.05) is 31.2 Å². The number of benzene rings is 8. The van der Waals surface area contributed by atoms with E-state index in [9.17, 15) is 10.5 Å². The third kappa shape index (κ3) is 4.38. The quantitative estimate of drug-likeness (QED) is 0.180. The van der Waals surface area contributed by atoms with Crippen molar-refractivity contribution >= 4 is 87.2 Å². The van der Waals surface area contributed by atoms with Crippen LogP contribution >= 0.6 is 0 Å². The molecule has 6 heteroatoms. The van der Waals surface area contributed by atoms with E-state index in [1.54, 1.807) is 0 Å². The van der Waals surface area contributed by atoms with Crippen LogP contribution in [-0.4, -0.2) is 18.3 Å². The van der Waals surface area contributed by atoms with Crippen LogP contribution in [0.25, 0.3) is 110 Å². The van der Waals surface area contributed by atoms with Crippen LogP contribution in [0.15, 0.2) is 152 Å². The molecule has 12 rings (SSSR count). The largest absolute Gasteiger partial charge is 0.342 e. The topological polar surface area (TPSA) is 67.3 Å². The number of hydrogen-bond acceptors (Lipinski definition) is 2. The lowest BCUT2D eigenvalue weighted by Gasteiger charge is -2.22. The highest BCUT2D eigenvalue weighted by Crippen LogP contribution is 2.47. The first-order chi connectivity index (χ1) is 28.9. The van der Waals surface area contributed by atoms with Crippen LogP contribution in [0.2, 0.25) is 0 Å². The normalized spacial score (nSPS) is 11.9. The van der Waals surface area contributed by atoms with Crippen LogP contribution in [0, 0.1) is 29.6 Å². The van der Waals surface area contributed by atoms with Crippen LogP contribution in [0.3, 0.4) is 0 Å². The van der Waals surface area contributed by atoms with E-state index in [-0.39, 0.29) is 0 Å². The summed E-state index contributed by atoms with van der Waals surface area (Å²) in [7, 11) is 4.30. The fourth-order valence-electron chi connectivity index (χ4n) is 10.2. The van der Waals surface area contributed by atoms with Gasteiger partial charge in [-0.1, -0.05) is 103 Å². The second-order valence-corrected chi connectivity index (χ2v) is 15.8. The molecule has 0 unspecified atom stereocenters. The summed E-state index contributed by atoms with van der Waals surface area (Å²) in [4.78, 5) is 0. The lowest BCUT2D eigenvalue weighted by atomic mass is 9.95. The van der Waals surface area contributed by atoms with Crippen molar-refractivity contribution in [3.05, 3.63) is 168 Å². The molecule has 0 amide bonds. The van der Waals surface area contributed by atoms with Crippen molar-refractivity contribution in [3.8, 4) is 34.6 Å². The Morgan fingerprint density at radius 3 is 1.20 bits per heavy atom. The third-order valence-corrected chi connectivity index (χ3v) is 12.6. The highest BCUT2D eigenvalue weighted by molar-refractivity contribution is 6.25. The standard InChI is InChI=1S/C53H34N6/c1-31-24-32(29-54)26-34(25-31)49-47(58-45-18-10-6-14-37(45)41-22-20-39-35-12-4-8-16-43(35)56(2)50(39)52(41)58)27-33(30-55)28-48(49)59-46-19-11-7-15-38(46)42-23-21-40-36-13-5-9-17-44(36)57(3)51(40)53(42)59/h4-28H,1-3H3. The summed E-state index contributed by atoms with van der Waals surface area (Å²) in [5, 5.41) is 30.7. The van der Waals surface area contributed by atoms with E-state index in [1.165, 1.54) is 21.5 Å². The maximum atomic E-state index is 11.0. The van der Waals surface area contributed by atoms with E-state index >= 15 is 0 Å². The van der Waals surface area contributed by atoms with Crippen molar-refractivity contribution in [1.82, 2.24) is 18.3 Å². The molecule has 8 aromatic carbocycles. The minimum absolute atomic E-state index is 0.539. The van der Waals surface area contributed by atoms with Crippen LogP contribution in [0.5, 0.6) is 0 Å². The number of nitriles is 2. The van der Waals surface area contributed by atoms with Gasteiger partial charge in [0.2, 0.25) is 0 Å². The van der Waals surface area contributed by atoms with E-state index in [0.717, 1.165) is 93.7 Å². The molecule has 12 aromatic rings. The number of hydrogen-bond donors (Lipinski definition) is 0. The van der Waals surface area contributed by atoms with Gasteiger partial charge in [0, 0.05) is 73.8 Å². The minimum Gasteiger partial charge on any atom is -0.342 e. The summed E-state index contributed by atoms with van der Waals surface area (Å²) in [6.45, 7) is 2.05. The maximum absolute atomic E-state index is 11.0. The molecule has 0 fully saturated rings. The van der Waals surface area contributed by atoms with Crippen LogP contribution in [0.4, 0.5) is 0 Å². The zero-order valence-electron chi connectivity index (χ0n) is 32.6. The van der Waals surface area contributed by atoms with Crippen molar-refractivity contribution < 1.29 is 0 Å². The van der Waals surface area contributed by atoms with Gasteiger partial charge in [-0.3, -0.25) is 0 Å². The van der Waals surface area contributed by atoms with Crippen LogP contribution < -0.4 is 0 Å². The highest BCUT2D eigenvalue weighted by atomic mass is 15.1. The third-order valence-electron chi connectivity index (χ3n) is 12.6. The molecule has 0 aliphatic carbocycles. The monoisotopic (exact) mass is 754 g/mol. The summed E-state index contributed by atoms with van der Waals surface area (Å²) in [6.07, 6.45) is 0. The molecule has 276 valence electrons. The first-order valence-electron chi connectivity index (χ1n) is 19.8. The average molecular weight is 755 g/mol. The van der Waals surface area contributed by atoms with Crippen molar-refractivity contribution in [2.24, 2.45) is 14.1 Å². The van der Waals surface area contributed by atoms with Crippen LogP contribution in [-0.2, 0) is 14.1 Å². The van der Waals surface area contributed by atoms with Gasteiger partial charge in [-0.15, -0.1) is 0 Å². The summed E-state index contributed by atoms with van der Waals surface area (Å²) in [5.41, 5.74) is 14.4. The highest BCUT2D eigenvalue weighted by Gasteiger charge is 2.27. The predicted octanol–water partition coefficient (Wildman–Crippen LogP) is 12.9. The van der Waals surface area contributed by atoms with Gasteiger partial charge < -0.3 is 18.3 Å². The summed E-state index contributed by atoms with van der Waals surface area (Å²) < 4.78 is 9.36. The molecule has 0 saturated heterocycles. The lowest BCUT2D eigenvalue weighted by Crippen LogP contribution is -2.06. The van der Waals surface area contributed by atoms with E-state index in [0.29, 0.717) is 11.1 Å². The second kappa shape index (κ2) is 12.0. The molecule has 0 N–H and O–H groups in total. The molecule has 0 atom stereocenters. The molecular formula is C53H34N6. The Morgan fingerprint density at radius 1 is 0.390 bits per heavy atom. The Hall–Kier alpha value is -8.06. The molecule has 0 aliphatic heterocycles. The van der Waals surface area contributed by atoms with Gasteiger partial charge in [0.25, 0.3) is 0 Å². The van der Waals surface area contributed by atoms with Crippen LogP contribution in [0.1, 0.15) is 16.7 Å². The molecule has 4 aromatic heterocycles. The maximum Gasteiger partial charge on any atom is 0.0993 e. The van der Waals surface area contributed by atoms with Crippen molar-refractivity contribution in [3.63, 3.8) is 0 Å². The van der Waals surface area contributed by atoms with Crippen molar-refractivity contribution in [2.45, 2.75) is 6.92 Å². The summed E-state index contributed by atoms with van der Waals surface area (Å²) in [5.74, 6) is 0. The van der Waals surface area contributed by atoms with E-state index in [2.05, 4.69) is 172 Å². The molecule has 0 spiro atoms. The Labute approximate surface area is 338 Å². The number of aryl methyl sites for hydroxylation is 3. The Bertz CT molecular complexity index is 3690. The lowest BCUT2D eigenvalue weighted by molar-refractivity contribution is 1.01. The van der Waals surface area contributed by atoms with Gasteiger partial charge in [0.15, 0.2) is 0 Å². The van der Waals surface area contributed by atoms with E-state index < -0.39 is 0 Å². The second-order valence-electron chi connectivity index (χ2n) is 15.8. The van der Waals surface area contributed by atoms with Gasteiger partial charge in [-0.05, 0) is 66.6 Å². The van der Waals surface area contributed by atoms with Crippen molar-refractivity contribution in [1.29, 1.82) is 10.5 Å². The number of para-hydroxylation sites is 4. The average Bonchev–Trinajstić information content (AvgIpc) is 3.98. The number of nitrogens with zero attached hydrogens (tertiary/aromatic N) is 6. The molecule has 0 saturated carbocycles. The molecule has 59 heavy (non-hydrogen) atoms. The zero-order chi connectivity index (χ0) is 39.7. The Kier molecular flexibility index (Phi) is 6.72. The van der Waals surface area contributed by atoms with Gasteiger partial charge in [-0.2, -0.15) is 10.5 Å². The molecule has 0 bridgehead atoms. The number of fused-ring (bicyclic) bond motifs is 14. The minimum atomic E-state index is 0.539. The van der Waals surface area contributed by atoms with Crippen molar-refractivity contribution in [2.75, 3.05) is 0 Å². The first-order valence-corrected chi connectivity index (χ1v) is 19.8. The van der Waals surface area contributed by atoms with E-state index in [4.69, 9.17) is 0 Å². The number of rotatable bonds is 3. The molecule has 0 radical (unpaired) electrons. The predicted molar refractivity (Wildman–Crippen MR) is 243 cm³/mol. The summed E-state index contributed by atoms with van der Waals surface area (Å²) >= 11 is 0. The van der Waals surface area contributed by atoms with Gasteiger partial charge in [0.1, 0.15) is 0 Å². The van der Waals surface area contributed by atoms with Gasteiger partial charge >= 0.3 is 0 Å². The van der Waals surface area contributed by atoms with Gasteiger partial charge in [0.05, 0.1) is 67.7 Å². The number of aromatic nitrogens is 4. The molecule has 6 nitrogen and oxygen atoms in total. The first kappa shape index (κ1) is 33.1. The fraction of sp³-hybridized carbons (Fsp3) is 0.0566. The Morgan fingerprint density at radius 2 is 0.763 bits per heavy atom. The smallest absolute Gasteiger partial charge is 0.0993 e. The molecule has 0 aliphatic rings. The molecule has 4 heterocycles. The summed E-state index contributed by atoms with van der Waals surface area (Å²) in [6, 6.07) is 58.5. The van der Waals surface area contributed by atoms with Gasteiger partial charge in [-0.25, -0.2) is 0 Å². The fourth-order valence-corrected chi connectivity index (χ4v) is 10.2. The zero-order valence-corrected chi connectivity index (χ0v) is 32.6. The SMILES string of the molecule is Cc1cc(C#N)cc(-c2c(-n3c4ccccc4c4ccc5c6ccccc6n(C)c5c43)cc(C#N)cc2-n2c3ccccc3c3ccc4c5ccccc5n(C)c4c32)c1.